The molecule has 1 unspecified atom stereocenters. The number of nitrogens with zero attached hydrogens (tertiary/aromatic N) is 2. The molecule has 1 heterocycles. The molecule has 1 aliphatic carbocycles. The van der Waals surface area contributed by atoms with E-state index in [1.165, 1.54) is 17.4 Å². The van der Waals surface area contributed by atoms with E-state index in [1.54, 1.807) is 18.0 Å². The van der Waals surface area contributed by atoms with Gasteiger partial charge in [-0.2, -0.15) is 0 Å². The van der Waals surface area contributed by atoms with Gasteiger partial charge in [-0.25, -0.2) is 4.98 Å². The van der Waals surface area contributed by atoms with Gasteiger partial charge in [0, 0.05) is 24.3 Å². The molecule has 2 aromatic rings. The van der Waals surface area contributed by atoms with Crippen LogP contribution in [0.2, 0.25) is 0 Å². The van der Waals surface area contributed by atoms with E-state index in [2.05, 4.69) is 16.9 Å². The highest BCUT2D eigenvalue weighted by Crippen LogP contribution is 2.28. The Bertz CT molecular complexity index is 858. The standard InChI is InChI=1S/C21H25N3O3S/c1-3-20(26)24(13-19-22-11-18(28-19)14(2)25)12-15-6-4-9-17(10-15)23-21(27)16-7-5-8-16/h3-4,6,9-11,14,16,25H,1,5,7-8,12-13H2,2H3,(H,23,27). The van der Waals surface area contributed by atoms with Crippen LogP contribution < -0.4 is 5.32 Å². The number of carbonyl (C=O) groups is 2. The van der Waals surface area contributed by atoms with Gasteiger partial charge in [0.25, 0.3) is 0 Å². The maximum Gasteiger partial charge on any atom is 0.246 e. The normalized spacial score (nSPS) is 14.8. The van der Waals surface area contributed by atoms with Crippen molar-refractivity contribution in [2.45, 2.75) is 45.4 Å². The lowest BCUT2D eigenvalue weighted by atomic mass is 9.85. The monoisotopic (exact) mass is 399 g/mol. The maximum absolute atomic E-state index is 12.3. The highest BCUT2D eigenvalue weighted by molar-refractivity contribution is 7.11. The number of benzene rings is 1. The molecule has 1 aliphatic rings. The lowest BCUT2D eigenvalue weighted by Gasteiger charge is -2.24. The number of aliphatic hydroxyl groups is 1. The lowest BCUT2D eigenvalue weighted by Crippen LogP contribution is -2.29. The Kier molecular flexibility index (Phi) is 6.59. The van der Waals surface area contributed by atoms with E-state index in [1.807, 2.05) is 24.3 Å². The minimum absolute atomic E-state index is 0.0656. The summed E-state index contributed by atoms with van der Waals surface area (Å²) in [6.45, 7) is 5.98. The van der Waals surface area contributed by atoms with Gasteiger partial charge in [-0.05, 0) is 43.5 Å². The molecule has 0 radical (unpaired) electrons. The molecule has 1 aromatic heterocycles. The number of hydrogen-bond donors (Lipinski definition) is 2. The van der Waals surface area contributed by atoms with E-state index >= 15 is 0 Å². The van der Waals surface area contributed by atoms with Crippen molar-refractivity contribution < 1.29 is 14.7 Å². The first kappa shape index (κ1) is 20.2. The van der Waals surface area contributed by atoms with Gasteiger partial charge in [-0.1, -0.05) is 25.1 Å². The third-order valence-corrected chi connectivity index (χ3v) is 5.99. The van der Waals surface area contributed by atoms with Gasteiger partial charge in [0.15, 0.2) is 0 Å². The molecule has 6 nitrogen and oxygen atoms in total. The Morgan fingerprint density at radius 2 is 2.21 bits per heavy atom. The topological polar surface area (TPSA) is 82.5 Å². The highest BCUT2D eigenvalue weighted by atomic mass is 32.1. The van der Waals surface area contributed by atoms with Gasteiger partial charge in [0.2, 0.25) is 11.8 Å². The summed E-state index contributed by atoms with van der Waals surface area (Å²) >= 11 is 1.39. The summed E-state index contributed by atoms with van der Waals surface area (Å²) in [7, 11) is 0. The van der Waals surface area contributed by atoms with Crippen molar-refractivity contribution in [1.29, 1.82) is 0 Å². The molecule has 0 spiro atoms. The van der Waals surface area contributed by atoms with Crippen LogP contribution in [0.25, 0.3) is 0 Å². The van der Waals surface area contributed by atoms with Crippen molar-refractivity contribution >= 4 is 28.8 Å². The molecule has 2 amide bonds. The van der Waals surface area contributed by atoms with E-state index < -0.39 is 6.10 Å². The molecule has 1 fully saturated rings. The molecular formula is C21H25N3O3S. The first-order valence-electron chi connectivity index (χ1n) is 9.40. The van der Waals surface area contributed by atoms with Crippen molar-refractivity contribution in [2.75, 3.05) is 5.32 Å². The van der Waals surface area contributed by atoms with Crippen LogP contribution in [0.4, 0.5) is 5.69 Å². The van der Waals surface area contributed by atoms with E-state index in [0.29, 0.717) is 13.1 Å². The minimum atomic E-state index is -0.578. The van der Waals surface area contributed by atoms with Gasteiger partial charge in [-0.15, -0.1) is 11.3 Å². The van der Waals surface area contributed by atoms with Crippen LogP contribution in [0, 0.1) is 5.92 Å². The second kappa shape index (κ2) is 9.12. The molecule has 2 N–H and O–H groups in total. The quantitative estimate of drug-likeness (QED) is 0.664. The van der Waals surface area contributed by atoms with Crippen LogP contribution in [0.3, 0.4) is 0 Å². The summed E-state index contributed by atoms with van der Waals surface area (Å²) in [6, 6.07) is 7.54. The second-order valence-electron chi connectivity index (χ2n) is 7.05. The third-order valence-electron chi connectivity index (χ3n) is 4.84. The summed E-state index contributed by atoms with van der Waals surface area (Å²) in [5.41, 5.74) is 1.65. The summed E-state index contributed by atoms with van der Waals surface area (Å²) in [5, 5.41) is 13.4. The van der Waals surface area contributed by atoms with Gasteiger partial charge < -0.3 is 15.3 Å². The average molecular weight is 400 g/mol. The van der Waals surface area contributed by atoms with Gasteiger partial charge in [0.1, 0.15) is 5.01 Å². The third kappa shape index (κ3) is 5.05. The molecule has 28 heavy (non-hydrogen) atoms. The molecule has 3 rings (SSSR count). The number of nitrogens with one attached hydrogen (secondary N) is 1. The lowest BCUT2D eigenvalue weighted by molar-refractivity contribution is -0.127. The van der Waals surface area contributed by atoms with E-state index in [0.717, 1.165) is 40.4 Å². The fourth-order valence-corrected chi connectivity index (χ4v) is 3.85. The average Bonchev–Trinajstić information content (AvgIpc) is 3.08. The van der Waals surface area contributed by atoms with Gasteiger partial charge >= 0.3 is 0 Å². The van der Waals surface area contributed by atoms with Crippen LogP contribution in [0.5, 0.6) is 0 Å². The zero-order chi connectivity index (χ0) is 20.1. The molecule has 148 valence electrons. The summed E-state index contributed by atoms with van der Waals surface area (Å²) in [6.07, 6.45) is 5.36. The van der Waals surface area contributed by atoms with Crippen molar-refractivity contribution in [3.8, 4) is 0 Å². The largest absolute Gasteiger partial charge is 0.388 e. The number of anilines is 1. The summed E-state index contributed by atoms with van der Waals surface area (Å²) in [5.74, 6) is -0.0101. The van der Waals surface area contributed by atoms with Crippen molar-refractivity contribution in [1.82, 2.24) is 9.88 Å². The molecule has 1 saturated carbocycles. The molecule has 0 saturated heterocycles. The predicted octanol–water partition coefficient (Wildman–Crippen LogP) is 3.65. The van der Waals surface area contributed by atoms with Crippen molar-refractivity contribution in [3.05, 3.63) is 58.6 Å². The van der Waals surface area contributed by atoms with Crippen LogP contribution >= 0.6 is 11.3 Å². The second-order valence-corrected chi connectivity index (χ2v) is 8.19. The maximum atomic E-state index is 12.3. The summed E-state index contributed by atoms with van der Waals surface area (Å²) in [4.78, 5) is 31.2. The first-order chi connectivity index (χ1) is 13.5. The highest BCUT2D eigenvalue weighted by Gasteiger charge is 2.25. The number of thiazole rings is 1. The Hall–Kier alpha value is -2.51. The SMILES string of the molecule is C=CC(=O)N(Cc1cccc(NC(=O)C2CCC2)c1)Cc1ncc(C(C)O)s1. The van der Waals surface area contributed by atoms with Crippen molar-refractivity contribution in [3.63, 3.8) is 0 Å². The molecular weight excluding hydrogens is 374 g/mol. The fourth-order valence-electron chi connectivity index (χ4n) is 2.98. The minimum Gasteiger partial charge on any atom is -0.388 e. The van der Waals surface area contributed by atoms with Crippen LogP contribution in [-0.4, -0.2) is 26.8 Å². The Morgan fingerprint density at radius 1 is 1.43 bits per heavy atom. The number of aliphatic hydroxyl groups excluding tert-OH is 1. The zero-order valence-corrected chi connectivity index (χ0v) is 16.7. The summed E-state index contributed by atoms with van der Waals surface area (Å²) < 4.78 is 0. The number of amides is 2. The molecule has 1 atom stereocenters. The molecule has 0 aliphatic heterocycles. The Labute approximate surface area is 168 Å². The smallest absolute Gasteiger partial charge is 0.246 e. The molecule has 7 heteroatoms. The van der Waals surface area contributed by atoms with Gasteiger partial charge in [-0.3, -0.25) is 9.59 Å². The number of hydrogen-bond acceptors (Lipinski definition) is 5. The van der Waals surface area contributed by atoms with Crippen LogP contribution in [0.15, 0.2) is 43.1 Å². The zero-order valence-electron chi connectivity index (χ0n) is 15.9. The van der Waals surface area contributed by atoms with E-state index in [4.69, 9.17) is 0 Å². The van der Waals surface area contributed by atoms with Gasteiger partial charge in [0.05, 0.1) is 17.5 Å². The Balaban J connectivity index is 1.69. The van der Waals surface area contributed by atoms with Crippen molar-refractivity contribution in [2.24, 2.45) is 5.92 Å². The number of rotatable bonds is 8. The van der Waals surface area contributed by atoms with E-state index in [-0.39, 0.29) is 17.7 Å². The number of carbonyl (C=O) groups excluding carboxylic acids is 2. The van der Waals surface area contributed by atoms with Crippen LogP contribution in [-0.2, 0) is 22.7 Å². The van der Waals surface area contributed by atoms with E-state index in [9.17, 15) is 14.7 Å². The number of aromatic nitrogens is 1. The first-order valence-corrected chi connectivity index (χ1v) is 10.2. The van der Waals surface area contributed by atoms with Crippen LogP contribution in [0.1, 0.15) is 47.7 Å². The molecule has 0 bridgehead atoms. The molecule has 1 aromatic carbocycles. The fraction of sp³-hybridized carbons (Fsp3) is 0.381. The Morgan fingerprint density at radius 3 is 2.82 bits per heavy atom. The predicted molar refractivity (Wildman–Crippen MR) is 110 cm³/mol.